The van der Waals surface area contributed by atoms with E-state index in [1.807, 2.05) is 0 Å². The van der Waals surface area contributed by atoms with Gasteiger partial charge >= 0.3 is 6.03 Å². The summed E-state index contributed by atoms with van der Waals surface area (Å²) in [5.41, 5.74) is 11.1. The van der Waals surface area contributed by atoms with Crippen molar-refractivity contribution >= 4 is 51.9 Å². The number of primary amides is 1. The van der Waals surface area contributed by atoms with Gasteiger partial charge in [-0.3, -0.25) is 4.79 Å². The number of imide groups is 1. The standard InChI is InChI=1S/C17H15ClFN3O4S/c1-8(20)25-7-26-15(13-3-2-4-27-13)14-9-5-10(18)11(19)6-12(9)22(16(14)23)17(21)24/h2-6,8H,7,20H2,1H3,(H2,21,24)/b15-14-. The number of benzene rings is 1. The number of thiophene rings is 1. The highest BCUT2D eigenvalue weighted by molar-refractivity contribution is 7.11. The second-order valence-electron chi connectivity index (χ2n) is 5.58. The van der Waals surface area contributed by atoms with Gasteiger partial charge in [-0.15, -0.1) is 11.3 Å². The average Bonchev–Trinajstić information content (AvgIpc) is 3.19. The molecule has 0 radical (unpaired) electrons. The van der Waals surface area contributed by atoms with Crippen molar-refractivity contribution in [3.05, 3.63) is 50.9 Å². The van der Waals surface area contributed by atoms with E-state index >= 15 is 0 Å². The number of amides is 3. The molecule has 0 fully saturated rings. The van der Waals surface area contributed by atoms with Gasteiger partial charge in [0.1, 0.15) is 12.0 Å². The number of nitrogens with two attached hydrogens (primary N) is 2. The van der Waals surface area contributed by atoms with E-state index in [4.69, 9.17) is 32.5 Å². The third-order valence-electron chi connectivity index (χ3n) is 3.69. The molecule has 1 aliphatic rings. The summed E-state index contributed by atoms with van der Waals surface area (Å²) in [5, 5.41) is 1.58. The Balaban J connectivity index is 2.20. The lowest BCUT2D eigenvalue weighted by molar-refractivity contribution is -0.112. The first-order valence-corrected chi connectivity index (χ1v) is 8.98. The van der Waals surface area contributed by atoms with Gasteiger partial charge in [0.15, 0.2) is 12.6 Å². The Hall–Kier alpha value is -2.46. The van der Waals surface area contributed by atoms with Crippen LogP contribution in [0, 0.1) is 5.82 Å². The summed E-state index contributed by atoms with van der Waals surface area (Å²) in [4.78, 5) is 26.0. The maximum atomic E-state index is 13.9. The van der Waals surface area contributed by atoms with Gasteiger partial charge in [-0.05, 0) is 24.4 Å². The van der Waals surface area contributed by atoms with Crippen LogP contribution in [0.25, 0.3) is 11.3 Å². The van der Waals surface area contributed by atoms with E-state index < -0.39 is 24.0 Å². The normalized spacial score (nSPS) is 16.3. The quantitative estimate of drug-likeness (QED) is 0.446. The predicted molar refractivity (Wildman–Crippen MR) is 100 cm³/mol. The van der Waals surface area contributed by atoms with Gasteiger partial charge in [-0.2, -0.15) is 0 Å². The molecule has 0 aliphatic carbocycles. The van der Waals surface area contributed by atoms with Crippen LogP contribution in [0.3, 0.4) is 0 Å². The fraction of sp³-hybridized carbons (Fsp3) is 0.176. The maximum absolute atomic E-state index is 13.9. The number of carbonyl (C=O) groups excluding carboxylic acids is 2. The Kier molecular flexibility index (Phi) is 5.47. The molecule has 2 heterocycles. The van der Waals surface area contributed by atoms with E-state index in [0.717, 1.165) is 6.07 Å². The van der Waals surface area contributed by atoms with Gasteiger partial charge in [0, 0.05) is 11.6 Å². The largest absolute Gasteiger partial charge is 0.465 e. The number of halogens is 2. The SMILES string of the molecule is CC(N)OCO/C(=C1\C(=O)N(C(N)=O)c2cc(F)c(Cl)cc21)c1cccs1. The van der Waals surface area contributed by atoms with Crippen LogP contribution in [0.4, 0.5) is 14.9 Å². The lowest BCUT2D eigenvalue weighted by Gasteiger charge is -2.14. The zero-order valence-corrected chi connectivity index (χ0v) is 15.6. The molecule has 4 N–H and O–H groups in total. The van der Waals surface area contributed by atoms with Crippen molar-refractivity contribution < 1.29 is 23.5 Å². The minimum Gasteiger partial charge on any atom is -0.465 e. The Morgan fingerprint density at radius 1 is 1.44 bits per heavy atom. The van der Waals surface area contributed by atoms with Crippen molar-refractivity contribution in [3.8, 4) is 0 Å². The molecule has 0 bridgehead atoms. The van der Waals surface area contributed by atoms with E-state index in [9.17, 15) is 14.0 Å². The molecular weight excluding hydrogens is 397 g/mol. The van der Waals surface area contributed by atoms with Crippen molar-refractivity contribution in [2.45, 2.75) is 13.2 Å². The van der Waals surface area contributed by atoms with Crippen LogP contribution < -0.4 is 16.4 Å². The highest BCUT2D eigenvalue weighted by Crippen LogP contribution is 2.43. The number of hydrogen-bond acceptors (Lipinski definition) is 6. The summed E-state index contributed by atoms with van der Waals surface area (Å²) in [6.07, 6.45) is -0.586. The molecule has 0 saturated heterocycles. The Morgan fingerprint density at radius 2 is 2.19 bits per heavy atom. The zero-order valence-electron chi connectivity index (χ0n) is 14.1. The minimum absolute atomic E-state index is 0.00447. The molecule has 7 nitrogen and oxygen atoms in total. The van der Waals surface area contributed by atoms with Crippen molar-refractivity contribution in [1.82, 2.24) is 0 Å². The molecule has 1 aliphatic heterocycles. The summed E-state index contributed by atoms with van der Waals surface area (Å²) >= 11 is 7.19. The molecule has 142 valence electrons. The first-order chi connectivity index (χ1) is 12.8. The van der Waals surface area contributed by atoms with Crippen molar-refractivity contribution in [2.24, 2.45) is 11.5 Å². The Labute approximate surface area is 162 Å². The zero-order chi connectivity index (χ0) is 19.7. The first kappa shape index (κ1) is 19.3. The monoisotopic (exact) mass is 411 g/mol. The van der Waals surface area contributed by atoms with Gasteiger partial charge in [0.05, 0.1) is 21.2 Å². The molecule has 1 aromatic heterocycles. The summed E-state index contributed by atoms with van der Waals surface area (Å²) in [6.45, 7) is 1.39. The fourth-order valence-corrected chi connectivity index (χ4v) is 3.46. The van der Waals surface area contributed by atoms with Crippen molar-refractivity contribution in [3.63, 3.8) is 0 Å². The number of nitrogens with zero attached hydrogens (tertiary/aromatic N) is 1. The molecule has 3 amide bonds. The fourth-order valence-electron chi connectivity index (χ4n) is 2.57. The van der Waals surface area contributed by atoms with E-state index in [1.165, 1.54) is 17.4 Å². The van der Waals surface area contributed by atoms with Crippen LogP contribution in [0.15, 0.2) is 29.6 Å². The number of ether oxygens (including phenoxy) is 2. The van der Waals surface area contributed by atoms with Gasteiger partial charge in [-0.1, -0.05) is 17.7 Å². The molecule has 2 aromatic rings. The molecule has 1 atom stereocenters. The number of urea groups is 1. The highest BCUT2D eigenvalue weighted by atomic mass is 35.5. The van der Waals surface area contributed by atoms with Crippen LogP contribution in [-0.4, -0.2) is 25.0 Å². The number of fused-ring (bicyclic) bond motifs is 1. The van der Waals surface area contributed by atoms with Crippen molar-refractivity contribution in [1.29, 1.82) is 0 Å². The molecule has 1 unspecified atom stereocenters. The highest BCUT2D eigenvalue weighted by Gasteiger charge is 2.40. The topological polar surface area (TPSA) is 108 Å². The summed E-state index contributed by atoms with van der Waals surface area (Å²) < 4.78 is 24.8. The Bertz CT molecular complexity index is 931. The molecule has 1 aromatic carbocycles. The van der Waals surface area contributed by atoms with Gasteiger partial charge < -0.3 is 20.9 Å². The van der Waals surface area contributed by atoms with Gasteiger partial charge in [0.25, 0.3) is 5.91 Å². The summed E-state index contributed by atoms with van der Waals surface area (Å²) in [7, 11) is 0. The molecule has 0 spiro atoms. The maximum Gasteiger partial charge on any atom is 0.326 e. The van der Waals surface area contributed by atoms with E-state index in [-0.39, 0.29) is 34.4 Å². The second kappa shape index (κ2) is 7.65. The van der Waals surface area contributed by atoms with Crippen LogP contribution in [0.5, 0.6) is 0 Å². The van der Waals surface area contributed by atoms with E-state index in [2.05, 4.69) is 0 Å². The van der Waals surface area contributed by atoms with Crippen molar-refractivity contribution in [2.75, 3.05) is 11.7 Å². The average molecular weight is 412 g/mol. The Morgan fingerprint density at radius 3 is 2.78 bits per heavy atom. The van der Waals surface area contributed by atoms with E-state index in [0.29, 0.717) is 9.78 Å². The van der Waals surface area contributed by atoms with Crippen LogP contribution in [0.2, 0.25) is 5.02 Å². The van der Waals surface area contributed by atoms with Crippen LogP contribution in [0.1, 0.15) is 17.4 Å². The number of rotatable bonds is 5. The molecule has 0 saturated carbocycles. The number of anilines is 1. The predicted octanol–water partition coefficient (Wildman–Crippen LogP) is 3.13. The molecule has 10 heteroatoms. The van der Waals surface area contributed by atoms with E-state index in [1.54, 1.807) is 24.4 Å². The smallest absolute Gasteiger partial charge is 0.326 e. The van der Waals surface area contributed by atoms with Gasteiger partial charge in [0.2, 0.25) is 0 Å². The third-order valence-corrected chi connectivity index (χ3v) is 4.85. The van der Waals surface area contributed by atoms with Crippen LogP contribution in [-0.2, 0) is 14.3 Å². The molecule has 3 rings (SSSR count). The lowest BCUT2D eigenvalue weighted by Crippen LogP contribution is -2.38. The third kappa shape index (κ3) is 3.67. The lowest BCUT2D eigenvalue weighted by atomic mass is 10.1. The van der Waals surface area contributed by atoms with Crippen LogP contribution >= 0.6 is 22.9 Å². The second-order valence-corrected chi connectivity index (χ2v) is 6.93. The summed E-state index contributed by atoms with van der Waals surface area (Å²) in [5.74, 6) is -1.37. The first-order valence-electron chi connectivity index (χ1n) is 7.72. The minimum atomic E-state index is -1.05. The summed E-state index contributed by atoms with van der Waals surface area (Å²) in [6, 6.07) is 4.68. The molecular formula is C17H15ClFN3O4S. The van der Waals surface area contributed by atoms with Gasteiger partial charge in [-0.25, -0.2) is 14.1 Å². The number of hydrogen-bond donors (Lipinski definition) is 2. The number of carbonyl (C=O) groups is 2. The molecule has 27 heavy (non-hydrogen) atoms.